The summed E-state index contributed by atoms with van der Waals surface area (Å²) in [5, 5.41) is 39.0. The number of hydrogen-bond acceptors (Lipinski definition) is 11. The van der Waals surface area contributed by atoms with Crippen LogP contribution in [0.3, 0.4) is 0 Å². The summed E-state index contributed by atoms with van der Waals surface area (Å²) in [5.74, 6) is 0.406. The summed E-state index contributed by atoms with van der Waals surface area (Å²) in [7, 11) is 1.68. The molecule has 35 heavy (non-hydrogen) atoms. The van der Waals surface area contributed by atoms with Crippen molar-refractivity contribution in [3.05, 3.63) is 23.7 Å². The van der Waals surface area contributed by atoms with Crippen LogP contribution in [0.4, 0.5) is 11.8 Å². The van der Waals surface area contributed by atoms with Crippen LogP contribution in [0, 0.1) is 19.8 Å². The molecule has 2 saturated carbocycles. The van der Waals surface area contributed by atoms with Crippen LogP contribution in [-0.2, 0) is 4.74 Å². The molecule has 0 bridgehead atoms. The third kappa shape index (κ3) is 4.36. The summed E-state index contributed by atoms with van der Waals surface area (Å²) in [4.78, 5) is 18.7. The third-order valence-corrected chi connectivity index (χ3v) is 8.34. The average molecular weight is 501 g/mol. The zero-order valence-corrected chi connectivity index (χ0v) is 21.0. The molecule has 5 N–H and O–H groups in total. The molecular weight excluding hydrogens is 468 g/mol. The van der Waals surface area contributed by atoms with E-state index in [4.69, 9.17) is 19.7 Å². The SMILES string of the molecule is COCC1(Nc2nc(C)c(-c3nc4c(C)nccc4s3)c(NC3(O)CCC(CO)C3O)n2)CCC1. The summed E-state index contributed by atoms with van der Waals surface area (Å²) >= 11 is 1.50. The molecule has 10 nitrogen and oxygen atoms in total. The van der Waals surface area contributed by atoms with Gasteiger partial charge < -0.3 is 30.7 Å². The van der Waals surface area contributed by atoms with Crippen LogP contribution in [0.1, 0.15) is 43.5 Å². The number of ether oxygens (including phenoxy) is 1. The van der Waals surface area contributed by atoms with Gasteiger partial charge in [-0.25, -0.2) is 9.97 Å². The Balaban J connectivity index is 1.59. The largest absolute Gasteiger partial charge is 0.396 e. The van der Waals surface area contributed by atoms with Crippen molar-refractivity contribution < 1.29 is 20.1 Å². The van der Waals surface area contributed by atoms with Gasteiger partial charge in [0, 0.05) is 25.8 Å². The minimum atomic E-state index is -1.63. The molecule has 3 heterocycles. The van der Waals surface area contributed by atoms with Crippen LogP contribution in [0.25, 0.3) is 20.8 Å². The standard InChI is InChI=1S/C24H32N6O4S/c1-13-17(21-27-18-14(2)25-10-6-16(18)35-21)20(29-24(33)9-5-15(11-31)19(24)32)28-22(26-13)30-23(12-34-3)7-4-8-23/h6,10,15,19,31-33H,4-5,7-9,11-12H2,1-3H3,(H2,26,28,29,30). The summed E-state index contributed by atoms with van der Waals surface area (Å²) in [6.45, 7) is 4.16. The van der Waals surface area contributed by atoms with Gasteiger partial charge in [0.2, 0.25) is 5.95 Å². The Morgan fingerprint density at radius 2 is 1.94 bits per heavy atom. The molecule has 0 spiro atoms. The molecule has 5 rings (SSSR count). The van der Waals surface area contributed by atoms with Gasteiger partial charge in [-0.05, 0) is 52.0 Å². The highest BCUT2D eigenvalue weighted by Crippen LogP contribution is 2.42. The Hall–Kier alpha value is -2.44. The first-order valence-electron chi connectivity index (χ1n) is 12.0. The number of aromatic nitrogens is 4. The topological polar surface area (TPSA) is 146 Å². The lowest BCUT2D eigenvalue weighted by atomic mass is 9.77. The molecule has 2 aliphatic rings. The molecule has 3 atom stereocenters. The number of hydrogen-bond donors (Lipinski definition) is 5. The average Bonchev–Trinajstić information content (AvgIpc) is 3.34. The molecule has 0 radical (unpaired) electrons. The fourth-order valence-corrected chi connectivity index (χ4v) is 6.23. The maximum absolute atomic E-state index is 11.3. The number of rotatable bonds is 8. The van der Waals surface area contributed by atoms with Crippen LogP contribution < -0.4 is 10.6 Å². The molecule has 11 heteroatoms. The fourth-order valence-electron chi connectivity index (χ4n) is 5.12. The normalized spacial score (nSPS) is 25.5. The first-order valence-corrected chi connectivity index (χ1v) is 12.8. The van der Waals surface area contributed by atoms with E-state index in [9.17, 15) is 15.3 Å². The minimum Gasteiger partial charge on any atom is -0.396 e. The van der Waals surface area contributed by atoms with E-state index in [1.54, 1.807) is 13.3 Å². The highest BCUT2D eigenvalue weighted by molar-refractivity contribution is 7.21. The molecule has 188 valence electrons. The van der Waals surface area contributed by atoms with Gasteiger partial charge in [0.05, 0.1) is 33.8 Å². The van der Waals surface area contributed by atoms with Gasteiger partial charge in [0.25, 0.3) is 0 Å². The van der Waals surface area contributed by atoms with E-state index in [2.05, 4.69) is 15.6 Å². The van der Waals surface area contributed by atoms with Crippen molar-refractivity contribution in [2.45, 2.75) is 63.3 Å². The highest BCUT2D eigenvalue weighted by atomic mass is 32.1. The molecule has 3 unspecified atom stereocenters. The van der Waals surface area contributed by atoms with Gasteiger partial charge in [-0.3, -0.25) is 4.98 Å². The molecule has 0 saturated heterocycles. The quantitative estimate of drug-likeness (QED) is 0.293. The van der Waals surface area contributed by atoms with E-state index in [0.717, 1.165) is 35.2 Å². The second-order valence-corrected chi connectivity index (χ2v) is 10.8. The summed E-state index contributed by atoms with van der Waals surface area (Å²) in [6, 6.07) is 1.92. The molecular formula is C24H32N6O4S. The zero-order chi connectivity index (χ0) is 24.8. The maximum Gasteiger partial charge on any atom is 0.225 e. The van der Waals surface area contributed by atoms with Gasteiger partial charge in [-0.2, -0.15) is 4.98 Å². The number of aliphatic hydroxyl groups excluding tert-OH is 2. The van der Waals surface area contributed by atoms with Crippen LogP contribution in [0.5, 0.6) is 0 Å². The van der Waals surface area contributed by atoms with Crippen molar-refractivity contribution >= 4 is 33.3 Å². The van der Waals surface area contributed by atoms with Crippen molar-refractivity contribution in [2.24, 2.45) is 5.92 Å². The molecule has 3 aromatic rings. The number of nitrogens with one attached hydrogen (secondary N) is 2. The van der Waals surface area contributed by atoms with Gasteiger partial charge in [-0.1, -0.05) is 0 Å². The number of thiazole rings is 1. The second-order valence-electron chi connectivity index (χ2n) is 9.79. The van der Waals surface area contributed by atoms with Gasteiger partial charge in [0.15, 0.2) is 5.72 Å². The van der Waals surface area contributed by atoms with E-state index in [1.165, 1.54) is 11.3 Å². The van der Waals surface area contributed by atoms with E-state index < -0.39 is 17.7 Å². The Morgan fingerprint density at radius 1 is 1.14 bits per heavy atom. The molecule has 0 aliphatic heterocycles. The molecule has 0 amide bonds. The minimum absolute atomic E-state index is 0.197. The van der Waals surface area contributed by atoms with Gasteiger partial charge in [0.1, 0.15) is 22.4 Å². The van der Waals surface area contributed by atoms with E-state index >= 15 is 0 Å². The Bertz CT molecular complexity index is 1230. The van der Waals surface area contributed by atoms with Crippen LogP contribution in [0.15, 0.2) is 12.3 Å². The van der Waals surface area contributed by atoms with Crippen molar-refractivity contribution in [3.63, 3.8) is 0 Å². The van der Waals surface area contributed by atoms with Gasteiger partial charge in [-0.15, -0.1) is 11.3 Å². The number of aliphatic hydroxyl groups is 3. The summed E-state index contributed by atoms with van der Waals surface area (Å²) < 4.78 is 6.43. The third-order valence-electron chi connectivity index (χ3n) is 7.30. The lowest BCUT2D eigenvalue weighted by Crippen LogP contribution is -2.50. The number of aryl methyl sites for hydroxylation is 2. The lowest BCUT2D eigenvalue weighted by Gasteiger charge is -2.42. The number of methoxy groups -OCH3 is 1. The van der Waals surface area contributed by atoms with Crippen molar-refractivity contribution in [2.75, 3.05) is 31.0 Å². The number of pyridine rings is 1. The molecule has 2 aliphatic carbocycles. The predicted molar refractivity (Wildman–Crippen MR) is 134 cm³/mol. The Labute approximate surface area is 207 Å². The van der Waals surface area contributed by atoms with Gasteiger partial charge >= 0.3 is 0 Å². The number of nitrogens with zero attached hydrogens (tertiary/aromatic N) is 4. The predicted octanol–water partition coefficient (Wildman–Crippen LogP) is 2.61. The van der Waals surface area contributed by atoms with E-state index in [-0.39, 0.29) is 18.6 Å². The molecule has 3 aromatic heterocycles. The number of anilines is 2. The second kappa shape index (κ2) is 9.21. The fraction of sp³-hybridized carbons (Fsp3) is 0.583. The van der Waals surface area contributed by atoms with Crippen LogP contribution >= 0.6 is 11.3 Å². The Morgan fingerprint density at radius 3 is 2.57 bits per heavy atom. The molecule has 2 fully saturated rings. The van der Waals surface area contributed by atoms with E-state index in [1.807, 2.05) is 19.9 Å². The smallest absolute Gasteiger partial charge is 0.225 e. The van der Waals surface area contributed by atoms with Crippen LogP contribution in [0.2, 0.25) is 0 Å². The maximum atomic E-state index is 11.3. The zero-order valence-electron chi connectivity index (χ0n) is 20.2. The van der Waals surface area contributed by atoms with Crippen molar-refractivity contribution in [1.82, 2.24) is 19.9 Å². The summed E-state index contributed by atoms with van der Waals surface area (Å²) in [5.41, 5.74) is 1.15. The first-order chi connectivity index (χ1) is 16.8. The van der Waals surface area contributed by atoms with Crippen molar-refractivity contribution in [1.29, 1.82) is 0 Å². The number of fused-ring (bicyclic) bond motifs is 1. The Kier molecular flexibility index (Phi) is 6.39. The highest BCUT2D eigenvalue weighted by Gasteiger charge is 2.47. The first kappa shape index (κ1) is 24.3. The van der Waals surface area contributed by atoms with E-state index in [0.29, 0.717) is 41.1 Å². The summed E-state index contributed by atoms with van der Waals surface area (Å²) in [6.07, 6.45) is 4.41. The van der Waals surface area contributed by atoms with Crippen molar-refractivity contribution in [3.8, 4) is 10.6 Å². The van der Waals surface area contributed by atoms with Crippen LogP contribution in [-0.4, -0.2) is 72.9 Å². The monoisotopic (exact) mass is 500 g/mol. The lowest BCUT2D eigenvalue weighted by molar-refractivity contribution is -0.0545. The molecule has 0 aromatic carbocycles.